The van der Waals surface area contributed by atoms with Crippen LogP contribution in [0.25, 0.3) is 0 Å². The first kappa shape index (κ1) is 25.7. The molecule has 2 atom stereocenters. The average Bonchev–Trinajstić information content (AvgIpc) is 2.82. The van der Waals surface area contributed by atoms with E-state index in [2.05, 4.69) is 36.5 Å². The Bertz CT molecular complexity index is 1130. The van der Waals surface area contributed by atoms with Gasteiger partial charge >= 0.3 is 5.97 Å². The molecule has 0 radical (unpaired) electrons. The second kappa shape index (κ2) is 10.7. The van der Waals surface area contributed by atoms with Crippen molar-refractivity contribution in [3.8, 4) is 0 Å². The highest BCUT2D eigenvalue weighted by Gasteiger charge is 2.49. The molecule has 1 unspecified atom stereocenters. The number of carboxylic acids is 1. The van der Waals surface area contributed by atoms with Crippen molar-refractivity contribution >= 4 is 56.7 Å². The zero-order chi connectivity index (χ0) is 25.2. The Kier molecular flexibility index (Phi) is 7.88. The average molecular weight is 584 g/mol. The maximum Gasteiger partial charge on any atom is 0.326 e. The second-order valence-electron chi connectivity index (χ2n) is 8.68. The van der Waals surface area contributed by atoms with Crippen molar-refractivity contribution in [2.45, 2.75) is 63.0 Å². The number of amides is 1. The summed E-state index contributed by atoms with van der Waals surface area (Å²) in [7, 11) is 0. The van der Waals surface area contributed by atoms with E-state index in [0.29, 0.717) is 22.5 Å². The van der Waals surface area contributed by atoms with Gasteiger partial charge in [-0.05, 0) is 60.2 Å². The lowest BCUT2D eigenvalue weighted by Gasteiger charge is -2.47. The fraction of sp³-hybridized carbons (Fsp3) is 0.417. The highest BCUT2D eigenvalue weighted by Crippen LogP contribution is 2.48. The summed E-state index contributed by atoms with van der Waals surface area (Å²) in [4.78, 5) is 33.2. The fourth-order valence-electron chi connectivity index (χ4n) is 4.70. The first-order valence-electron chi connectivity index (χ1n) is 11.4. The predicted octanol–water partition coefficient (Wildman–Crippen LogP) is 5.87. The van der Waals surface area contributed by atoms with Crippen molar-refractivity contribution in [1.29, 1.82) is 0 Å². The van der Waals surface area contributed by atoms with Gasteiger partial charge in [0.15, 0.2) is 10.3 Å². The number of pyridine rings is 2. The number of halogens is 3. The molecule has 1 aliphatic carbocycles. The van der Waals surface area contributed by atoms with Crippen LogP contribution in [0, 0.1) is 0 Å². The monoisotopic (exact) mass is 582 g/mol. The van der Waals surface area contributed by atoms with Crippen LogP contribution in [0.5, 0.6) is 0 Å². The summed E-state index contributed by atoms with van der Waals surface area (Å²) in [6.45, 7) is 1.92. The first-order valence-corrected chi connectivity index (χ1v) is 13.0. The van der Waals surface area contributed by atoms with Crippen LogP contribution in [-0.4, -0.2) is 38.6 Å². The predicted molar refractivity (Wildman–Crippen MR) is 137 cm³/mol. The molecule has 1 aliphatic heterocycles. The number of rotatable bonds is 8. The lowest BCUT2D eigenvalue weighted by Crippen LogP contribution is -2.54. The molecule has 4 rings (SSSR count). The third-order valence-corrected chi connectivity index (χ3v) is 7.64. The summed E-state index contributed by atoms with van der Waals surface area (Å²) in [5.41, 5.74) is 1.53. The summed E-state index contributed by atoms with van der Waals surface area (Å²) >= 11 is 15.5. The Morgan fingerprint density at radius 2 is 1.86 bits per heavy atom. The maximum atomic E-state index is 12.6. The molecule has 2 aromatic heterocycles. The van der Waals surface area contributed by atoms with E-state index in [1.807, 2.05) is 6.92 Å². The van der Waals surface area contributed by atoms with Crippen LogP contribution in [0.2, 0.25) is 10.0 Å². The van der Waals surface area contributed by atoms with E-state index >= 15 is 0 Å². The van der Waals surface area contributed by atoms with Gasteiger partial charge in [0.25, 0.3) is 5.91 Å². The van der Waals surface area contributed by atoms with Crippen molar-refractivity contribution in [2.24, 2.45) is 0 Å². The molecular formula is C24H25BrCl2N4O4. The minimum absolute atomic E-state index is 0.118. The molecule has 0 aromatic carbocycles. The summed E-state index contributed by atoms with van der Waals surface area (Å²) in [6, 6.07) is 2.50. The topological polar surface area (TPSA) is 113 Å². The number of carbonyl (C=O) groups is 2. The van der Waals surface area contributed by atoms with Gasteiger partial charge in [-0.1, -0.05) is 36.5 Å². The summed E-state index contributed by atoms with van der Waals surface area (Å²) in [6.07, 6.45) is 9.70. The van der Waals surface area contributed by atoms with Crippen molar-refractivity contribution in [2.75, 3.05) is 5.32 Å². The quantitative estimate of drug-likeness (QED) is 0.356. The standard InChI is InChI=1S/C24H25BrCl2N4O4/c1-2-14(19(23(33)34)31-20-21(25)35-24(20)8-4-3-5-9-24)17-7-6-13(10-29-17)30-22(32)18-15(26)11-28-12-16(18)27/h6-7,10-12,14,19,31H,2-5,8-9H2,1H3,(H,30,32)(H,33,34)/t14?,19-/m0/s1. The molecule has 186 valence electrons. The van der Waals surface area contributed by atoms with Crippen molar-refractivity contribution < 1.29 is 19.4 Å². The third-order valence-electron chi connectivity index (χ3n) is 6.51. The highest BCUT2D eigenvalue weighted by atomic mass is 79.9. The van der Waals surface area contributed by atoms with Gasteiger partial charge in [0.2, 0.25) is 0 Å². The molecule has 0 saturated heterocycles. The van der Waals surface area contributed by atoms with Crippen molar-refractivity contribution in [3.63, 3.8) is 0 Å². The minimum atomic E-state index is -0.969. The highest BCUT2D eigenvalue weighted by molar-refractivity contribution is 9.11. The largest absolute Gasteiger partial charge is 0.480 e. The number of hydrogen-bond acceptors (Lipinski definition) is 6. The Hall–Kier alpha value is -2.36. The second-order valence-corrected chi connectivity index (χ2v) is 10.2. The molecular weight excluding hydrogens is 559 g/mol. The molecule has 8 nitrogen and oxygen atoms in total. The van der Waals surface area contributed by atoms with E-state index in [1.165, 1.54) is 18.6 Å². The van der Waals surface area contributed by atoms with Crippen LogP contribution in [-0.2, 0) is 9.53 Å². The van der Waals surface area contributed by atoms with Gasteiger partial charge in [0.05, 0.1) is 27.5 Å². The summed E-state index contributed by atoms with van der Waals surface area (Å²) < 4.78 is 6.52. The van der Waals surface area contributed by atoms with Gasteiger partial charge in [-0.15, -0.1) is 0 Å². The Morgan fingerprint density at radius 3 is 2.40 bits per heavy atom. The molecule has 1 spiro atoms. The van der Waals surface area contributed by atoms with E-state index in [-0.39, 0.29) is 15.6 Å². The lowest BCUT2D eigenvalue weighted by molar-refractivity contribution is -0.140. The number of aromatic nitrogens is 2. The minimum Gasteiger partial charge on any atom is -0.480 e. The van der Waals surface area contributed by atoms with Gasteiger partial charge in [-0.2, -0.15) is 0 Å². The number of anilines is 1. The molecule has 2 aromatic rings. The van der Waals surface area contributed by atoms with Gasteiger partial charge in [-0.25, -0.2) is 4.79 Å². The number of carbonyl (C=O) groups excluding carboxylic acids is 1. The van der Waals surface area contributed by atoms with Crippen LogP contribution in [0.1, 0.15) is 67.4 Å². The van der Waals surface area contributed by atoms with Gasteiger partial charge < -0.3 is 20.5 Å². The van der Waals surface area contributed by atoms with E-state index in [9.17, 15) is 14.7 Å². The number of hydrogen-bond donors (Lipinski definition) is 3. The summed E-state index contributed by atoms with van der Waals surface area (Å²) in [5.74, 6) is -1.87. The van der Waals surface area contributed by atoms with Crippen molar-refractivity contribution in [1.82, 2.24) is 15.3 Å². The van der Waals surface area contributed by atoms with Crippen molar-refractivity contribution in [3.05, 3.63) is 62.4 Å². The smallest absolute Gasteiger partial charge is 0.326 e. The number of nitrogens with zero attached hydrogens (tertiary/aromatic N) is 2. The van der Waals surface area contributed by atoms with Gasteiger partial charge in [0.1, 0.15) is 11.7 Å². The van der Waals surface area contributed by atoms with Crippen LogP contribution in [0.15, 0.2) is 41.1 Å². The number of carboxylic acid groups (broad SMARTS) is 1. The Morgan fingerprint density at radius 1 is 1.17 bits per heavy atom. The third kappa shape index (κ3) is 5.27. The van der Waals surface area contributed by atoms with E-state index < -0.39 is 29.4 Å². The van der Waals surface area contributed by atoms with Crippen LogP contribution >= 0.6 is 39.1 Å². The van der Waals surface area contributed by atoms with Crippen LogP contribution in [0.3, 0.4) is 0 Å². The molecule has 1 fully saturated rings. The molecule has 3 N–H and O–H groups in total. The zero-order valence-electron chi connectivity index (χ0n) is 19.0. The zero-order valence-corrected chi connectivity index (χ0v) is 22.1. The number of aliphatic carboxylic acids is 1. The summed E-state index contributed by atoms with van der Waals surface area (Å²) in [5, 5.41) is 16.3. The molecule has 3 heterocycles. The van der Waals surface area contributed by atoms with Crippen LogP contribution in [0.4, 0.5) is 5.69 Å². The lowest BCUT2D eigenvalue weighted by atomic mass is 9.79. The normalized spacial score (nSPS) is 18.3. The Labute approximate surface area is 221 Å². The molecule has 1 amide bonds. The van der Waals surface area contributed by atoms with Gasteiger partial charge in [0, 0.05) is 24.0 Å². The van der Waals surface area contributed by atoms with Crippen LogP contribution < -0.4 is 10.6 Å². The van der Waals surface area contributed by atoms with E-state index in [0.717, 1.165) is 37.8 Å². The number of ether oxygens (including phenoxy) is 1. The fourth-order valence-corrected chi connectivity index (χ4v) is 6.02. The SMILES string of the molecule is CCC(c1ccc(NC(=O)c2c(Cl)cncc2Cl)cn1)[C@H](NC1=C(Br)OC12CCCCC2)C(=O)O. The molecule has 0 bridgehead atoms. The maximum absolute atomic E-state index is 12.6. The molecule has 2 aliphatic rings. The number of nitrogens with one attached hydrogen (secondary N) is 2. The van der Waals surface area contributed by atoms with E-state index in [1.54, 1.807) is 12.1 Å². The first-order chi connectivity index (χ1) is 16.8. The molecule has 11 heteroatoms. The molecule has 1 saturated carbocycles. The Balaban J connectivity index is 1.51. The molecule has 35 heavy (non-hydrogen) atoms. The van der Waals surface area contributed by atoms with E-state index in [4.69, 9.17) is 27.9 Å². The van der Waals surface area contributed by atoms with Gasteiger partial charge in [-0.3, -0.25) is 14.8 Å².